The highest BCUT2D eigenvalue weighted by Crippen LogP contribution is 2.12. The number of phenolic OH excluding ortho intramolecular Hbond substituents is 1. The van der Waals surface area contributed by atoms with Gasteiger partial charge in [-0.1, -0.05) is 12.1 Å². The second-order valence-corrected chi connectivity index (χ2v) is 8.03. The molecular weight excluding hydrogens is 488 g/mol. The van der Waals surface area contributed by atoms with Gasteiger partial charge in [0.25, 0.3) is 0 Å². The fourth-order valence-corrected chi connectivity index (χ4v) is 3.13. The molecule has 0 heterocycles. The number of benzene rings is 1. The number of aromatic hydroxyl groups is 1. The van der Waals surface area contributed by atoms with Crippen LogP contribution in [0.4, 0.5) is 0 Å². The number of phenols is 1. The summed E-state index contributed by atoms with van der Waals surface area (Å²) in [6, 6.07) is 0.718. The Labute approximate surface area is 206 Å². The monoisotopic (exact) mass is 516 g/mol. The van der Waals surface area contributed by atoms with E-state index in [4.69, 9.17) is 10.8 Å². The molecule has 3 amide bonds. The largest absolute Gasteiger partial charge is 0.508 e. The van der Waals surface area contributed by atoms with Gasteiger partial charge < -0.3 is 37.0 Å². The van der Waals surface area contributed by atoms with Gasteiger partial charge in [0.2, 0.25) is 17.7 Å². The Balaban J connectivity index is 2.95. The number of carbonyl (C=O) groups excluding carboxylic acids is 3. The van der Waals surface area contributed by atoms with E-state index in [9.17, 15) is 34.2 Å². The van der Waals surface area contributed by atoms with Crippen LogP contribution in [0.5, 0.6) is 5.75 Å². The van der Waals surface area contributed by atoms with Gasteiger partial charge in [0.15, 0.2) is 0 Å². The van der Waals surface area contributed by atoms with Crippen molar-refractivity contribution in [3.8, 4) is 5.75 Å². The second kappa shape index (κ2) is 14.3. The number of carboxylic acids is 2. The number of carboxylic acid groups (broad SMARTS) is 2. The van der Waals surface area contributed by atoms with E-state index in [-0.39, 0.29) is 30.1 Å². The van der Waals surface area contributed by atoms with Crippen molar-refractivity contribution < 1.29 is 39.3 Å². The molecule has 188 valence electrons. The molecule has 0 aliphatic rings. The van der Waals surface area contributed by atoms with Crippen molar-refractivity contribution in [1.82, 2.24) is 16.0 Å². The molecule has 0 spiro atoms. The number of carbonyl (C=O) groups is 5. The molecule has 1 rings (SSSR count). The summed E-state index contributed by atoms with van der Waals surface area (Å²) in [5.74, 6) is -5.15. The quantitative estimate of drug-likeness (QED) is 0.132. The maximum absolute atomic E-state index is 12.8. The highest BCUT2D eigenvalue weighted by Gasteiger charge is 2.30. The summed E-state index contributed by atoms with van der Waals surface area (Å²) < 4.78 is 0. The number of hydrogen-bond donors (Lipinski definition) is 9. The van der Waals surface area contributed by atoms with Crippen LogP contribution in [0.1, 0.15) is 18.4 Å². The molecule has 0 aliphatic carbocycles. The molecule has 12 nitrogen and oxygen atoms in total. The molecule has 34 heavy (non-hydrogen) atoms. The molecule has 1 aromatic carbocycles. The molecule has 0 fully saturated rings. The van der Waals surface area contributed by atoms with E-state index in [1.807, 2.05) is 0 Å². The van der Waals surface area contributed by atoms with E-state index < -0.39 is 60.2 Å². The molecule has 0 bridgehead atoms. The Kier molecular flexibility index (Phi) is 12.2. The lowest BCUT2D eigenvalue weighted by Gasteiger charge is -2.24. The Morgan fingerprint density at radius 3 is 1.85 bits per heavy atom. The smallest absolute Gasteiger partial charge is 0.326 e. The summed E-state index contributed by atoms with van der Waals surface area (Å²) >= 11 is 7.91. The Bertz CT molecular complexity index is 884. The lowest BCUT2D eigenvalue weighted by atomic mass is 10.0. The minimum atomic E-state index is -1.40. The fourth-order valence-electron chi connectivity index (χ4n) is 2.70. The first-order valence-electron chi connectivity index (χ1n) is 10.1. The number of nitrogens with two attached hydrogens (primary N) is 1. The highest BCUT2D eigenvalue weighted by atomic mass is 32.1. The van der Waals surface area contributed by atoms with Gasteiger partial charge in [-0.3, -0.25) is 19.2 Å². The summed E-state index contributed by atoms with van der Waals surface area (Å²) in [6.45, 7) is 0. The normalized spacial score (nSPS) is 14.2. The molecule has 0 aliphatic heterocycles. The van der Waals surface area contributed by atoms with E-state index in [1.54, 1.807) is 0 Å². The molecule has 0 radical (unpaired) electrons. The molecule has 14 heteroatoms. The second-order valence-electron chi connectivity index (χ2n) is 7.30. The third-order valence-electron chi connectivity index (χ3n) is 4.62. The molecule has 4 atom stereocenters. The Hall–Kier alpha value is -2.97. The minimum absolute atomic E-state index is 0.0164. The van der Waals surface area contributed by atoms with E-state index in [0.29, 0.717) is 5.56 Å². The lowest BCUT2D eigenvalue weighted by Crippen LogP contribution is -2.58. The summed E-state index contributed by atoms with van der Waals surface area (Å²) in [4.78, 5) is 60.0. The van der Waals surface area contributed by atoms with E-state index >= 15 is 0 Å². The first-order chi connectivity index (χ1) is 16.0. The van der Waals surface area contributed by atoms with Gasteiger partial charge >= 0.3 is 11.9 Å². The van der Waals surface area contributed by atoms with Crippen molar-refractivity contribution in [1.29, 1.82) is 0 Å². The van der Waals surface area contributed by atoms with Crippen molar-refractivity contribution in [2.75, 3.05) is 11.5 Å². The topological polar surface area (TPSA) is 208 Å². The third-order valence-corrected chi connectivity index (χ3v) is 5.38. The van der Waals surface area contributed by atoms with Crippen LogP contribution in [-0.2, 0) is 30.4 Å². The third kappa shape index (κ3) is 9.89. The van der Waals surface area contributed by atoms with Crippen LogP contribution in [0.15, 0.2) is 24.3 Å². The SMILES string of the molecule is N[C@@H](CS)C(=O)N[C@@H](CS)C(=O)N[C@@H](CCC(=O)O)C(=O)N[C@@H](Cc1ccc(O)cc1)C(=O)O. The maximum Gasteiger partial charge on any atom is 0.326 e. The Morgan fingerprint density at radius 1 is 0.824 bits per heavy atom. The van der Waals surface area contributed by atoms with Crippen LogP contribution in [-0.4, -0.2) is 80.7 Å². The molecular formula is C20H28N4O8S2. The first-order valence-corrected chi connectivity index (χ1v) is 11.4. The van der Waals surface area contributed by atoms with Gasteiger partial charge in [0, 0.05) is 24.3 Å². The van der Waals surface area contributed by atoms with Crippen LogP contribution in [0, 0.1) is 0 Å². The van der Waals surface area contributed by atoms with Crippen LogP contribution < -0.4 is 21.7 Å². The van der Waals surface area contributed by atoms with Gasteiger partial charge in [-0.15, -0.1) is 0 Å². The van der Waals surface area contributed by atoms with Crippen LogP contribution in [0.25, 0.3) is 0 Å². The van der Waals surface area contributed by atoms with Crippen LogP contribution in [0.3, 0.4) is 0 Å². The highest BCUT2D eigenvalue weighted by molar-refractivity contribution is 7.80. The molecule has 0 saturated heterocycles. The van der Waals surface area contributed by atoms with Crippen molar-refractivity contribution in [3.05, 3.63) is 29.8 Å². The summed E-state index contributed by atoms with van der Waals surface area (Å²) in [5, 5.41) is 34.8. The van der Waals surface area contributed by atoms with E-state index in [2.05, 4.69) is 41.2 Å². The zero-order valence-electron chi connectivity index (χ0n) is 18.0. The standard InChI is InChI=1S/C20H28N4O8S2/c21-12(8-33)17(28)24-15(9-34)19(30)22-13(5-6-16(26)27)18(29)23-14(20(31)32)7-10-1-3-11(25)4-2-10/h1-4,12-15,25,33-34H,5-9,21H2,(H,22,30)(H,23,29)(H,24,28)(H,26,27)(H,31,32)/t12-,13-,14-,15-/m0/s1. The lowest BCUT2D eigenvalue weighted by molar-refractivity contribution is -0.143. The van der Waals surface area contributed by atoms with Crippen molar-refractivity contribution in [3.63, 3.8) is 0 Å². The molecule has 0 saturated carbocycles. The van der Waals surface area contributed by atoms with Crippen LogP contribution in [0.2, 0.25) is 0 Å². The molecule has 0 aromatic heterocycles. The first kappa shape index (κ1) is 29.1. The summed E-state index contributed by atoms with van der Waals surface area (Å²) in [6.07, 6.45) is -0.948. The number of amides is 3. The number of hydrogen-bond acceptors (Lipinski definition) is 9. The summed E-state index contributed by atoms with van der Waals surface area (Å²) in [5.41, 5.74) is 6.07. The number of thiol groups is 2. The van der Waals surface area contributed by atoms with E-state index in [1.165, 1.54) is 24.3 Å². The average molecular weight is 517 g/mol. The zero-order chi connectivity index (χ0) is 25.8. The van der Waals surface area contributed by atoms with Gasteiger partial charge in [-0.2, -0.15) is 25.3 Å². The van der Waals surface area contributed by atoms with Gasteiger partial charge in [0.1, 0.15) is 23.9 Å². The number of aliphatic carboxylic acids is 2. The molecule has 0 unspecified atom stereocenters. The number of rotatable bonds is 14. The molecule has 8 N–H and O–H groups in total. The molecule has 1 aromatic rings. The van der Waals surface area contributed by atoms with Crippen molar-refractivity contribution in [2.24, 2.45) is 5.73 Å². The minimum Gasteiger partial charge on any atom is -0.508 e. The predicted molar refractivity (Wildman–Crippen MR) is 128 cm³/mol. The van der Waals surface area contributed by atoms with Crippen LogP contribution >= 0.6 is 25.3 Å². The van der Waals surface area contributed by atoms with Gasteiger partial charge in [-0.25, -0.2) is 4.79 Å². The summed E-state index contributed by atoms with van der Waals surface area (Å²) in [7, 11) is 0. The van der Waals surface area contributed by atoms with Gasteiger partial charge in [-0.05, 0) is 24.1 Å². The van der Waals surface area contributed by atoms with E-state index in [0.717, 1.165) is 0 Å². The number of nitrogens with one attached hydrogen (secondary N) is 3. The maximum atomic E-state index is 12.8. The predicted octanol–water partition coefficient (Wildman–Crippen LogP) is -1.47. The fraction of sp³-hybridized carbons (Fsp3) is 0.450. The zero-order valence-corrected chi connectivity index (χ0v) is 19.8. The van der Waals surface area contributed by atoms with Gasteiger partial charge in [0.05, 0.1) is 6.04 Å². The Morgan fingerprint density at radius 2 is 1.35 bits per heavy atom. The van der Waals surface area contributed by atoms with Crippen molar-refractivity contribution in [2.45, 2.75) is 43.4 Å². The average Bonchev–Trinajstić information content (AvgIpc) is 2.79. The van der Waals surface area contributed by atoms with Crippen molar-refractivity contribution >= 4 is 54.9 Å².